The van der Waals surface area contributed by atoms with Crippen LogP contribution in [0.15, 0.2) is 24.3 Å². The van der Waals surface area contributed by atoms with E-state index in [0.29, 0.717) is 5.56 Å². The van der Waals surface area contributed by atoms with Crippen molar-refractivity contribution in [1.82, 2.24) is 15.4 Å². The molecular formula is C16H21N5O. The van der Waals surface area contributed by atoms with Crippen LogP contribution in [-0.4, -0.2) is 15.9 Å². The Balaban J connectivity index is 2.19. The van der Waals surface area contributed by atoms with Crippen LogP contribution in [0.3, 0.4) is 0 Å². The lowest BCUT2D eigenvalue weighted by molar-refractivity contribution is 0.0953. The Morgan fingerprint density at radius 1 is 1.14 bits per heavy atom. The van der Waals surface area contributed by atoms with Crippen molar-refractivity contribution in [2.45, 2.75) is 33.7 Å². The van der Waals surface area contributed by atoms with Crippen LogP contribution < -0.4 is 16.6 Å². The van der Waals surface area contributed by atoms with Crippen molar-refractivity contribution in [2.24, 2.45) is 5.84 Å². The first-order chi connectivity index (χ1) is 10.4. The summed E-state index contributed by atoms with van der Waals surface area (Å²) in [5.41, 5.74) is 5.71. The molecule has 1 amide bonds. The second-order valence-electron chi connectivity index (χ2n) is 5.29. The third kappa shape index (κ3) is 3.40. The molecule has 0 radical (unpaired) electrons. The van der Waals surface area contributed by atoms with E-state index in [-0.39, 0.29) is 11.9 Å². The van der Waals surface area contributed by atoms with Crippen LogP contribution in [0.25, 0.3) is 0 Å². The Hall–Kier alpha value is -2.47. The summed E-state index contributed by atoms with van der Waals surface area (Å²) in [7, 11) is 0. The van der Waals surface area contributed by atoms with Crippen molar-refractivity contribution in [2.75, 3.05) is 5.32 Å². The lowest BCUT2D eigenvalue weighted by atomic mass is 10.1. The van der Waals surface area contributed by atoms with E-state index < -0.39 is 0 Å². The molecule has 0 fully saturated rings. The number of nitrogens with two attached hydrogens (primary N) is 1. The van der Waals surface area contributed by atoms with Gasteiger partial charge in [-0.05, 0) is 45.4 Å². The van der Waals surface area contributed by atoms with Crippen LogP contribution in [0.1, 0.15) is 46.0 Å². The second-order valence-corrected chi connectivity index (χ2v) is 5.29. The van der Waals surface area contributed by atoms with Gasteiger partial charge in [0.2, 0.25) is 0 Å². The molecular weight excluding hydrogens is 278 g/mol. The van der Waals surface area contributed by atoms with E-state index in [9.17, 15) is 4.79 Å². The van der Waals surface area contributed by atoms with E-state index in [1.165, 1.54) is 0 Å². The number of nitrogens with zero attached hydrogens (tertiary/aromatic N) is 2. The number of anilines is 1. The van der Waals surface area contributed by atoms with Gasteiger partial charge in [0.1, 0.15) is 11.6 Å². The highest BCUT2D eigenvalue weighted by Crippen LogP contribution is 2.22. The lowest BCUT2D eigenvalue weighted by Gasteiger charge is -2.18. The molecule has 0 aliphatic carbocycles. The van der Waals surface area contributed by atoms with Crippen molar-refractivity contribution in [3.63, 3.8) is 0 Å². The normalized spacial score (nSPS) is 11.9. The van der Waals surface area contributed by atoms with Crippen LogP contribution in [0.2, 0.25) is 0 Å². The summed E-state index contributed by atoms with van der Waals surface area (Å²) in [6.07, 6.45) is 0. The summed E-state index contributed by atoms with van der Waals surface area (Å²) < 4.78 is 0. The zero-order valence-corrected chi connectivity index (χ0v) is 13.3. The monoisotopic (exact) mass is 299 g/mol. The number of nitrogen functional groups attached to an aromatic ring is 1. The van der Waals surface area contributed by atoms with Crippen LogP contribution in [0, 0.1) is 20.8 Å². The third-order valence-electron chi connectivity index (χ3n) is 3.66. The molecule has 6 heteroatoms. The van der Waals surface area contributed by atoms with Gasteiger partial charge in [-0.2, -0.15) is 0 Å². The number of carbonyl (C=O) groups is 1. The summed E-state index contributed by atoms with van der Waals surface area (Å²) in [5, 5.41) is 3.39. The molecule has 2 rings (SSSR count). The first kappa shape index (κ1) is 15.9. The minimum atomic E-state index is -0.301. The van der Waals surface area contributed by atoms with Crippen LogP contribution in [0.5, 0.6) is 0 Å². The van der Waals surface area contributed by atoms with E-state index in [4.69, 9.17) is 5.84 Å². The minimum Gasteiger partial charge on any atom is -0.363 e. The summed E-state index contributed by atoms with van der Waals surface area (Å²) in [5.74, 6) is 6.40. The first-order valence-corrected chi connectivity index (χ1v) is 7.11. The zero-order valence-electron chi connectivity index (χ0n) is 13.3. The summed E-state index contributed by atoms with van der Waals surface area (Å²) in [6.45, 7) is 7.89. The van der Waals surface area contributed by atoms with Gasteiger partial charge in [-0.25, -0.2) is 15.8 Å². The number of aromatic nitrogens is 2. The molecule has 0 aliphatic heterocycles. The fourth-order valence-corrected chi connectivity index (χ4v) is 2.20. The van der Waals surface area contributed by atoms with Gasteiger partial charge in [0.15, 0.2) is 0 Å². The molecule has 0 saturated carbocycles. The number of hydrogen-bond acceptors (Lipinski definition) is 5. The number of hydrazine groups is 1. The molecule has 1 heterocycles. The quantitative estimate of drug-likeness (QED) is 0.457. The molecule has 2 aromatic rings. The first-order valence-electron chi connectivity index (χ1n) is 7.11. The molecule has 22 heavy (non-hydrogen) atoms. The molecule has 1 aromatic heterocycles. The van der Waals surface area contributed by atoms with Crippen LogP contribution in [-0.2, 0) is 0 Å². The minimum absolute atomic E-state index is 0.0578. The number of amides is 1. The number of hydrogen-bond donors (Lipinski definition) is 3. The average Bonchev–Trinajstić information content (AvgIpc) is 2.51. The maximum absolute atomic E-state index is 11.4. The van der Waals surface area contributed by atoms with Gasteiger partial charge in [-0.1, -0.05) is 12.1 Å². The van der Waals surface area contributed by atoms with E-state index in [2.05, 4.69) is 20.7 Å². The summed E-state index contributed by atoms with van der Waals surface area (Å²) >= 11 is 0. The fourth-order valence-electron chi connectivity index (χ4n) is 2.20. The van der Waals surface area contributed by atoms with Crippen molar-refractivity contribution in [3.05, 3.63) is 52.5 Å². The highest BCUT2D eigenvalue weighted by atomic mass is 16.2. The number of nitrogens with one attached hydrogen (secondary N) is 2. The molecule has 0 bridgehead atoms. The van der Waals surface area contributed by atoms with Gasteiger partial charge >= 0.3 is 0 Å². The van der Waals surface area contributed by atoms with Gasteiger partial charge in [0.05, 0.1) is 0 Å². The molecule has 0 saturated heterocycles. The van der Waals surface area contributed by atoms with E-state index >= 15 is 0 Å². The molecule has 4 N–H and O–H groups in total. The summed E-state index contributed by atoms with van der Waals surface area (Å²) in [4.78, 5) is 20.2. The van der Waals surface area contributed by atoms with Crippen molar-refractivity contribution < 1.29 is 4.79 Å². The number of rotatable bonds is 4. The summed E-state index contributed by atoms with van der Waals surface area (Å²) in [6, 6.07) is 7.36. The van der Waals surface area contributed by atoms with Crippen molar-refractivity contribution in [3.8, 4) is 0 Å². The Morgan fingerprint density at radius 2 is 1.77 bits per heavy atom. The lowest BCUT2D eigenvalue weighted by Crippen LogP contribution is -2.29. The number of carbonyl (C=O) groups excluding carboxylic acids is 1. The smallest absolute Gasteiger partial charge is 0.265 e. The topological polar surface area (TPSA) is 92.9 Å². The van der Waals surface area contributed by atoms with Gasteiger partial charge < -0.3 is 5.32 Å². The SMILES string of the molecule is Cc1nc(C)c(C)c(N[C@@H](C)c2ccc(C(=O)NN)cc2)n1. The average molecular weight is 299 g/mol. The Labute approximate surface area is 130 Å². The predicted molar refractivity (Wildman–Crippen MR) is 86.4 cm³/mol. The number of benzene rings is 1. The van der Waals surface area contributed by atoms with Gasteiger partial charge in [-0.3, -0.25) is 10.2 Å². The maximum Gasteiger partial charge on any atom is 0.265 e. The molecule has 0 aliphatic rings. The Morgan fingerprint density at radius 3 is 2.36 bits per heavy atom. The van der Waals surface area contributed by atoms with Gasteiger partial charge in [0.25, 0.3) is 5.91 Å². The van der Waals surface area contributed by atoms with Crippen molar-refractivity contribution in [1.29, 1.82) is 0 Å². The maximum atomic E-state index is 11.4. The van der Waals surface area contributed by atoms with Gasteiger partial charge in [-0.15, -0.1) is 0 Å². The molecule has 1 aromatic carbocycles. The van der Waals surface area contributed by atoms with Gasteiger partial charge in [0, 0.05) is 22.9 Å². The standard InChI is InChI=1S/C16H21N5O/c1-9-10(2)18-12(4)20-15(9)19-11(3)13-5-7-14(8-6-13)16(22)21-17/h5-8,11H,17H2,1-4H3,(H,21,22)(H,18,19,20)/t11-/m0/s1. The molecule has 0 unspecified atom stereocenters. The molecule has 116 valence electrons. The molecule has 6 nitrogen and oxygen atoms in total. The van der Waals surface area contributed by atoms with Crippen LogP contribution >= 0.6 is 0 Å². The highest BCUT2D eigenvalue weighted by Gasteiger charge is 2.11. The van der Waals surface area contributed by atoms with Crippen molar-refractivity contribution >= 4 is 11.7 Å². The fraction of sp³-hybridized carbons (Fsp3) is 0.312. The third-order valence-corrected chi connectivity index (χ3v) is 3.66. The van der Waals surface area contributed by atoms with E-state index in [1.807, 2.05) is 39.8 Å². The Bertz CT molecular complexity index is 682. The number of aryl methyl sites for hydroxylation is 2. The molecule has 1 atom stereocenters. The zero-order chi connectivity index (χ0) is 16.3. The molecule has 0 spiro atoms. The highest BCUT2D eigenvalue weighted by molar-refractivity contribution is 5.93. The van der Waals surface area contributed by atoms with Crippen LogP contribution in [0.4, 0.5) is 5.82 Å². The van der Waals surface area contributed by atoms with E-state index in [0.717, 1.165) is 28.5 Å². The largest absolute Gasteiger partial charge is 0.363 e. The Kier molecular flexibility index (Phi) is 4.72. The predicted octanol–water partition coefficient (Wildman–Crippen LogP) is 2.18. The second kappa shape index (κ2) is 6.53. The van der Waals surface area contributed by atoms with E-state index in [1.54, 1.807) is 12.1 Å².